The van der Waals surface area contributed by atoms with E-state index in [2.05, 4.69) is 0 Å². The van der Waals surface area contributed by atoms with E-state index in [9.17, 15) is 13.2 Å². The Balaban J connectivity index is 2.30. The lowest BCUT2D eigenvalue weighted by Crippen LogP contribution is -2.26. The summed E-state index contributed by atoms with van der Waals surface area (Å²) in [6.07, 6.45) is 0. The van der Waals surface area contributed by atoms with Gasteiger partial charge in [0.05, 0.1) is 17.6 Å². The fourth-order valence-corrected chi connectivity index (χ4v) is 3.12. The fourth-order valence-electron chi connectivity index (χ4n) is 2.10. The molecule has 0 saturated heterocycles. The topological polar surface area (TPSA) is 72.9 Å². The molecular formula is C17H19NO5S. The van der Waals surface area contributed by atoms with Gasteiger partial charge in [-0.1, -0.05) is 28.2 Å². The van der Waals surface area contributed by atoms with E-state index in [0.29, 0.717) is 5.75 Å². The molecule has 0 unspecified atom stereocenters. The smallest absolute Gasteiger partial charge is 0.343 e. The van der Waals surface area contributed by atoms with Crippen LogP contribution >= 0.6 is 0 Å². The molecule has 2 aromatic carbocycles. The number of hydroxylamine groups is 1. The Labute approximate surface area is 141 Å². The molecule has 0 spiro atoms. The van der Waals surface area contributed by atoms with Gasteiger partial charge in [-0.05, 0) is 43.7 Å². The van der Waals surface area contributed by atoms with Crippen LogP contribution in [0.5, 0.6) is 5.75 Å². The van der Waals surface area contributed by atoms with E-state index < -0.39 is 16.0 Å². The van der Waals surface area contributed by atoms with Crippen LogP contribution in [0.2, 0.25) is 0 Å². The summed E-state index contributed by atoms with van der Waals surface area (Å²) in [5.74, 6) is -0.188. The van der Waals surface area contributed by atoms with Gasteiger partial charge in [-0.2, -0.15) is 0 Å². The number of rotatable bonds is 5. The normalized spacial score (nSPS) is 11.5. The van der Waals surface area contributed by atoms with Crippen LogP contribution in [0.1, 0.15) is 21.5 Å². The maximum absolute atomic E-state index is 12.3. The third-order valence-electron chi connectivity index (χ3n) is 3.50. The summed E-state index contributed by atoms with van der Waals surface area (Å²) < 4.78 is 30.6. The number of esters is 1. The average molecular weight is 349 g/mol. The van der Waals surface area contributed by atoms with Crippen molar-refractivity contribution in [3.63, 3.8) is 0 Å². The molecule has 0 fully saturated rings. The second-order valence-electron chi connectivity index (χ2n) is 5.28. The Morgan fingerprint density at radius 2 is 1.79 bits per heavy atom. The number of hydrogen-bond donors (Lipinski definition) is 0. The molecule has 2 rings (SSSR count). The Bertz CT molecular complexity index is 861. The quantitative estimate of drug-likeness (QED) is 0.471. The highest BCUT2D eigenvalue weighted by atomic mass is 32.2. The van der Waals surface area contributed by atoms with E-state index >= 15 is 0 Å². The largest absolute Gasteiger partial charge is 0.423 e. The molecule has 24 heavy (non-hydrogen) atoms. The molecule has 0 N–H and O–H groups in total. The Morgan fingerprint density at radius 1 is 1.08 bits per heavy atom. The van der Waals surface area contributed by atoms with Crippen molar-refractivity contribution in [2.24, 2.45) is 0 Å². The van der Waals surface area contributed by atoms with Gasteiger partial charge in [0.2, 0.25) is 0 Å². The molecule has 0 amide bonds. The number of carbonyl (C=O) groups is 1. The van der Waals surface area contributed by atoms with Crippen LogP contribution in [-0.4, -0.2) is 33.0 Å². The van der Waals surface area contributed by atoms with Crippen LogP contribution in [0.25, 0.3) is 0 Å². The maximum atomic E-state index is 12.3. The number of benzene rings is 2. The van der Waals surface area contributed by atoms with Gasteiger partial charge in [0, 0.05) is 7.05 Å². The molecule has 6 nitrogen and oxygen atoms in total. The molecule has 7 heteroatoms. The molecule has 0 saturated carbocycles. The third-order valence-corrected chi connectivity index (χ3v) is 5.17. The minimum absolute atomic E-state index is 0.0538. The summed E-state index contributed by atoms with van der Waals surface area (Å²) >= 11 is 0. The van der Waals surface area contributed by atoms with Gasteiger partial charge in [0.25, 0.3) is 10.0 Å². The molecule has 0 radical (unpaired) electrons. The van der Waals surface area contributed by atoms with Crippen LogP contribution in [-0.2, 0) is 14.9 Å². The SMILES string of the molecule is CON(C)S(=O)(=O)c1cccc(C(=O)Oc2ccc(C)cc2C)c1. The molecule has 0 heterocycles. The van der Waals surface area contributed by atoms with Crippen molar-refractivity contribution in [3.8, 4) is 5.75 Å². The first kappa shape index (κ1) is 18.1. The van der Waals surface area contributed by atoms with Crippen LogP contribution in [0, 0.1) is 13.8 Å². The predicted octanol–water partition coefficient (Wildman–Crippen LogP) is 2.70. The van der Waals surface area contributed by atoms with Gasteiger partial charge >= 0.3 is 5.97 Å². The lowest BCUT2D eigenvalue weighted by atomic mass is 10.1. The van der Waals surface area contributed by atoms with E-state index in [1.54, 1.807) is 6.07 Å². The standard InChI is InChI=1S/C17H19NO5S/c1-12-8-9-16(13(2)10-12)23-17(19)14-6-5-7-15(11-14)24(20,21)18(3)22-4/h5-11H,1-4H3. The van der Waals surface area contributed by atoms with Gasteiger partial charge in [0.1, 0.15) is 5.75 Å². The van der Waals surface area contributed by atoms with Crippen molar-refractivity contribution in [2.45, 2.75) is 18.7 Å². The maximum Gasteiger partial charge on any atom is 0.343 e. The number of ether oxygens (including phenoxy) is 1. The second-order valence-corrected chi connectivity index (χ2v) is 7.22. The second kappa shape index (κ2) is 7.12. The van der Waals surface area contributed by atoms with E-state index in [-0.39, 0.29) is 10.5 Å². The minimum atomic E-state index is -3.83. The van der Waals surface area contributed by atoms with Crippen LogP contribution in [0.4, 0.5) is 0 Å². The molecule has 0 atom stereocenters. The first-order valence-corrected chi connectivity index (χ1v) is 8.62. The number of nitrogens with zero attached hydrogens (tertiary/aromatic N) is 1. The number of hydrogen-bond acceptors (Lipinski definition) is 5. The summed E-state index contributed by atoms with van der Waals surface area (Å²) in [5, 5.41) is 0. The van der Waals surface area contributed by atoms with E-state index in [0.717, 1.165) is 15.6 Å². The van der Waals surface area contributed by atoms with Crippen molar-refractivity contribution >= 4 is 16.0 Å². The summed E-state index contributed by atoms with van der Waals surface area (Å²) in [4.78, 5) is 17.0. The molecule has 2 aromatic rings. The zero-order chi connectivity index (χ0) is 17.9. The van der Waals surface area contributed by atoms with Crippen molar-refractivity contribution < 1.29 is 22.8 Å². The molecule has 0 bridgehead atoms. The van der Waals surface area contributed by atoms with Gasteiger partial charge in [0.15, 0.2) is 0 Å². The minimum Gasteiger partial charge on any atom is -0.423 e. The summed E-state index contributed by atoms with van der Waals surface area (Å²) in [6, 6.07) is 11.1. The average Bonchev–Trinajstić information content (AvgIpc) is 2.56. The van der Waals surface area contributed by atoms with Crippen molar-refractivity contribution in [2.75, 3.05) is 14.2 Å². The Kier molecular flexibility index (Phi) is 5.38. The highest BCUT2D eigenvalue weighted by Gasteiger charge is 2.22. The van der Waals surface area contributed by atoms with Crippen molar-refractivity contribution in [1.29, 1.82) is 0 Å². The van der Waals surface area contributed by atoms with Gasteiger partial charge in [-0.3, -0.25) is 4.84 Å². The summed E-state index contributed by atoms with van der Waals surface area (Å²) in [5.41, 5.74) is 2.02. The number of aryl methyl sites for hydroxylation is 2. The fraction of sp³-hybridized carbons (Fsp3) is 0.235. The van der Waals surface area contributed by atoms with Crippen molar-refractivity contribution in [3.05, 3.63) is 59.2 Å². The highest BCUT2D eigenvalue weighted by molar-refractivity contribution is 7.89. The van der Waals surface area contributed by atoms with Crippen LogP contribution < -0.4 is 4.74 Å². The number of sulfonamides is 1. The molecule has 0 aliphatic carbocycles. The lowest BCUT2D eigenvalue weighted by Gasteiger charge is -2.14. The van der Waals surface area contributed by atoms with Gasteiger partial charge < -0.3 is 4.74 Å². The first-order chi connectivity index (χ1) is 11.3. The molecule has 0 aliphatic rings. The Hall–Kier alpha value is -2.22. The monoisotopic (exact) mass is 349 g/mol. The first-order valence-electron chi connectivity index (χ1n) is 7.18. The zero-order valence-corrected chi connectivity index (χ0v) is 14.8. The highest BCUT2D eigenvalue weighted by Crippen LogP contribution is 2.21. The van der Waals surface area contributed by atoms with E-state index in [4.69, 9.17) is 9.57 Å². The summed E-state index contributed by atoms with van der Waals surface area (Å²) in [7, 11) is -1.31. The number of carbonyl (C=O) groups excluding carboxylic acids is 1. The van der Waals surface area contributed by atoms with E-state index in [1.165, 1.54) is 38.4 Å². The van der Waals surface area contributed by atoms with Crippen LogP contribution in [0.3, 0.4) is 0 Å². The third kappa shape index (κ3) is 3.81. The van der Waals surface area contributed by atoms with Crippen LogP contribution in [0.15, 0.2) is 47.4 Å². The zero-order valence-electron chi connectivity index (χ0n) is 13.9. The van der Waals surface area contributed by atoms with E-state index in [1.807, 2.05) is 26.0 Å². The van der Waals surface area contributed by atoms with Gasteiger partial charge in [-0.25, -0.2) is 13.2 Å². The molecule has 0 aromatic heterocycles. The predicted molar refractivity (Wildman–Crippen MR) is 89.3 cm³/mol. The lowest BCUT2D eigenvalue weighted by molar-refractivity contribution is -0.0258. The Morgan fingerprint density at radius 3 is 2.42 bits per heavy atom. The van der Waals surface area contributed by atoms with Gasteiger partial charge in [-0.15, -0.1) is 0 Å². The molecule has 128 valence electrons. The molecule has 0 aliphatic heterocycles. The van der Waals surface area contributed by atoms with Crippen molar-refractivity contribution in [1.82, 2.24) is 4.47 Å². The molecular weight excluding hydrogens is 330 g/mol. The summed E-state index contributed by atoms with van der Waals surface area (Å²) in [6.45, 7) is 3.78.